The molecular weight excluding hydrogens is 245 g/mol. The fourth-order valence-corrected chi connectivity index (χ4v) is 1.70. The molecule has 0 fully saturated rings. The molecule has 2 N–H and O–H groups in total. The van der Waals surface area contributed by atoms with Crippen molar-refractivity contribution < 1.29 is 4.79 Å². The third-order valence-electron chi connectivity index (χ3n) is 2.30. The molecule has 88 valence electrons. The second-order valence-corrected chi connectivity index (χ2v) is 4.74. The van der Waals surface area contributed by atoms with Gasteiger partial charge in [-0.2, -0.15) is 0 Å². The molecule has 0 aliphatic heterocycles. The van der Waals surface area contributed by atoms with E-state index < -0.39 is 0 Å². The normalized spacial score (nSPS) is 12.5. The minimum atomic E-state index is 0.0826. The lowest BCUT2D eigenvalue weighted by atomic mass is 10.0. The van der Waals surface area contributed by atoms with Gasteiger partial charge in [0, 0.05) is 18.0 Å². The second kappa shape index (κ2) is 6.24. The van der Waals surface area contributed by atoms with Gasteiger partial charge >= 0.3 is 0 Å². The van der Waals surface area contributed by atoms with E-state index in [1.54, 1.807) is 18.2 Å². The van der Waals surface area contributed by atoms with Crippen LogP contribution in [0.4, 0.5) is 0 Å². The average Bonchev–Trinajstić information content (AvgIpc) is 2.21. The van der Waals surface area contributed by atoms with E-state index in [9.17, 15) is 4.79 Å². The van der Waals surface area contributed by atoms with E-state index in [-0.39, 0.29) is 11.8 Å². The van der Waals surface area contributed by atoms with Crippen molar-refractivity contribution in [1.29, 1.82) is 0 Å². The molecule has 0 radical (unpaired) electrons. The Morgan fingerprint density at radius 1 is 1.38 bits per heavy atom. The van der Waals surface area contributed by atoms with Crippen LogP contribution in [0.3, 0.4) is 0 Å². The maximum Gasteiger partial charge on any atom is 0.162 e. The predicted octanol–water partition coefficient (Wildman–Crippen LogP) is 3.69. The van der Waals surface area contributed by atoms with E-state index in [2.05, 4.69) is 0 Å². The Labute approximate surface area is 106 Å². The van der Waals surface area contributed by atoms with Crippen LogP contribution in [0.1, 0.15) is 36.5 Å². The molecule has 1 rings (SSSR count). The molecule has 0 saturated carbocycles. The summed E-state index contributed by atoms with van der Waals surface area (Å²) < 4.78 is 0. The molecule has 16 heavy (non-hydrogen) atoms. The Morgan fingerprint density at radius 3 is 2.62 bits per heavy atom. The number of hydrogen-bond donors (Lipinski definition) is 1. The Bertz CT molecular complexity index is 377. The van der Waals surface area contributed by atoms with Gasteiger partial charge in [-0.25, -0.2) is 0 Å². The highest BCUT2D eigenvalue weighted by Gasteiger charge is 2.08. The first-order valence-corrected chi connectivity index (χ1v) is 6.00. The molecule has 0 aliphatic rings. The summed E-state index contributed by atoms with van der Waals surface area (Å²) in [7, 11) is 0. The summed E-state index contributed by atoms with van der Waals surface area (Å²) in [5.74, 6) is 0.0826. The number of Topliss-reactive ketones (excluding diaryl/α,β-unsaturated/α-hetero) is 1. The fourth-order valence-electron chi connectivity index (χ4n) is 1.40. The topological polar surface area (TPSA) is 43.1 Å². The van der Waals surface area contributed by atoms with Crippen molar-refractivity contribution in [2.24, 2.45) is 5.73 Å². The van der Waals surface area contributed by atoms with E-state index >= 15 is 0 Å². The Hall–Kier alpha value is -0.570. The van der Waals surface area contributed by atoms with Crippen LogP contribution in [0, 0.1) is 0 Å². The monoisotopic (exact) mass is 259 g/mol. The third-order valence-corrected chi connectivity index (χ3v) is 3.04. The minimum absolute atomic E-state index is 0.0826. The van der Waals surface area contributed by atoms with Gasteiger partial charge in [0.25, 0.3) is 0 Å². The largest absolute Gasteiger partial charge is 0.328 e. The number of nitrogens with two attached hydrogens (primary N) is 1. The molecule has 0 aromatic heterocycles. The van der Waals surface area contributed by atoms with Gasteiger partial charge < -0.3 is 5.73 Å². The lowest BCUT2D eigenvalue weighted by Gasteiger charge is -2.05. The third kappa shape index (κ3) is 4.12. The van der Waals surface area contributed by atoms with E-state index in [1.165, 1.54) is 0 Å². The summed E-state index contributed by atoms with van der Waals surface area (Å²) in [6.45, 7) is 1.93. The van der Waals surface area contributed by atoms with Crippen LogP contribution in [0.25, 0.3) is 0 Å². The molecule has 1 aromatic rings. The standard InChI is InChI=1S/C12H15Cl2NO/c1-8(15)3-2-4-12(16)9-5-6-10(13)11(14)7-9/h5-8H,2-4,15H2,1H3. The molecule has 4 heteroatoms. The highest BCUT2D eigenvalue weighted by atomic mass is 35.5. The first kappa shape index (κ1) is 13.5. The van der Waals surface area contributed by atoms with Gasteiger partial charge in [-0.1, -0.05) is 23.2 Å². The van der Waals surface area contributed by atoms with E-state index in [1.807, 2.05) is 6.92 Å². The lowest BCUT2D eigenvalue weighted by molar-refractivity contribution is 0.0979. The predicted molar refractivity (Wildman–Crippen MR) is 68.3 cm³/mol. The molecule has 0 aliphatic carbocycles. The SMILES string of the molecule is CC(N)CCCC(=O)c1ccc(Cl)c(Cl)c1. The van der Waals surface area contributed by atoms with Crippen LogP contribution in [-0.4, -0.2) is 11.8 Å². The van der Waals surface area contributed by atoms with Crippen molar-refractivity contribution >= 4 is 29.0 Å². The fraction of sp³-hybridized carbons (Fsp3) is 0.417. The van der Waals surface area contributed by atoms with Crippen LogP contribution in [0.5, 0.6) is 0 Å². The van der Waals surface area contributed by atoms with Crippen LogP contribution in [0.2, 0.25) is 10.0 Å². The molecular formula is C12H15Cl2NO. The number of hydrogen-bond acceptors (Lipinski definition) is 2. The van der Waals surface area contributed by atoms with Crippen molar-refractivity contribution in [3.8, 4) is 0 Å². The summed E-state index contributed by atoms with van der Waals surface area (Å²) in [6, 6.07) is 5.09. The summed E-state index contributed by atoms with van der Waals surface area (Å²) in [6.07, 6.45) is 2.16. The maximum atomic E-state index is 11.7. The van der Waals surface area contributed by atoms with Crippen LogP contribution >= 0.6 is 23.2 Å². The average molecular weight is 260 g/mol. The molecule has 2 nitrogen and oxygen atoms in total. The summed E-state index contributed by atoms with van der Waals surface area (Å²) in [4.78, 5) is 11.7. The first-order valence-electron chi connectivity index (χ1n) is 5.24. The summed E-state index contributed by atoms with van der Waals surface area (Å²) in [5.41, 5.74) is 6.22. The van der Waals surface area contributed by atoms with E-state index in [4.69, 9.17) is 28.9 Å². The zero-order chi connectivity index (χ0) is 12.1. The van der Waals surface area contributed by atoms with Crippen molar-refractivity contribution in [2.75, 3.05) is 0 Å². The van der Waals surface area contributed by atoms with Crippen molar-refractivity contribution in [3.05, 3.63) is 33.8 Å². The molecule has 0 spiro atoms. The van der Waals surface area contributed by atoms with Crippen molar-refractivity contribution in [2.45, 2.75) is 32.2 Å². The Kier molecular flexibility index (Phi) is 5.26. The van der Waals surface area contributed by atoms with Gasteiger partial charge in [-0.3, -0.25) is 4.79 Å². The van der Waals surface area contributed by atoms with Crippen LogP contribution in [0.15, 0.2) is 18.2 Å². The lowest BCUT2D eigenvalue weighted by Crippen LogP contribution is -2.14. The molecule has 0 bridgehead atoms. The number of halogens is 2. The number of carbonyl (C=O) groups is 1. The van der Waals surface area contributed by atoms with Gasteiger partial charge in [0.1, 0.15) is 0 Å². The molecule has 1 unspecified atom stereocenters. The van der Waals surface area contributed by atoms with Crippen LogP contribution in [-0.2, 0) is 0 Å². The Morgan fingerprint density at radius 2 is 2.06 bits per heavy atom. The van der Waals surface area contributed by atoms with Gasteiger partial charge in [0.2, 0.25) is 0 Å². The van der Waals surface area contributed by atoms with E-state index in [0.29, 0.717) is 22.0 Å². The van der Waals surface area contributed by atoms with Gasteiger partial charge in [-0.15, -0.1) is 0 Å². The summed E-state index contributed by atoms with van der Waals surface area (Å²) >= 11 is 11.6. The van der Waals surface area contributed by atoms with Crippen molar-refractivity contribution in [1.82, 2.24) is 0 Å². The number of ketones is 1. The molecule has 0 saturated heterocycles. The number of benzene rings is 1. The van der Waals surface area contributed by atoms with Gasteiger partial charge in [-0.05, 0) is 38.0 Å². The summed E-state index contributed by atoms with van der Waals surface area (Å²) in [5, 5.41) is 0.883. The van der Waals surface area contributed by atoms with Gasteiger partial charge in [0.15, 0.2) is 5.78 Å². The molecule has 0 amide bonds. The highest BCUT2D eigenvalue weighted by molar-refractivity contribution is 6.42. The zero-order valence-electron chi connectivity index (χ0n) is 9.17. The second-order valence-electron chi connectivity index (χ2n) is 3.92. The minimum Gasteiger partial charge on any atom is -0.328 e. The Balaban J connectivity index is 2.56. The molecule has 1 aromatic carbocycles. The quantitative estimate of drug-likeness (QED) is 0.820. The maximum absolute atomic E-state index is 11.7. The number of carbonyl (C=O) groups excluding carboxylic acids is 1. The molecule has 0 heterocycles. The van der Waals surface area contributed by atoms with Gasteiger partial charge in [0.05, 0.1) is 10.0 Å². The van der Waals surface area contributed by atoms with Crippen LogP contribution < -0.4 is 5.73 Å². The first-order chi connectivity index (χ1) is 7.50. The zero-order valence-corrected chi connectivity index (χ0v) is 10.7. The smallest absolute Gasteiger partial charge is 0.162 e. The highest BCUT2D eigenvalue weighted by Crippen LogP contribution is 2.23. The number of rotatable bonds is 5. The molecule has 1 atom stereocenters. The van der Waals surface area contributed by atoms with E-state index in [0.717, 1.165) is 12.8 Å². The van der Waals surface area contributed by atoms with Crippen molar-refractivity contribution in [3.63, 3.8) is 0 Å².